The van der Waals surface area contributed by atoms with Gasteiger partial charge in [0.05, 0.1) is 0 Å². The van der Waals surface area contributed by atoms with Crippen molar-refractivity contribution < 1.29 is 23.1 Å². The van der Waals surface area contributed by atoms with E-state index in [0.717, 1.165) is 11.3 Å². The summed E-state index contributed by atoms with van der Waals surface area (Å²) in [5.74, 6) is -1.15. The van der Waals surface area contributed by atoms with Crippen molar-refractivity contribution in [1.82, 2.24) is 4.98 Å². The van der Waals surface area contributed by atoms with Crippen molar-refractivity contribution in [1.29, 1.82) is 0 Å². The van der Waals surface area contributed by atoms with Gasteiger partial charge in [-0.1, -0.05) is 0 Å². The Bertz CT molecular complexity index is 364. The van der Waals surface area contributed by atoms with Gasteiger partial charge in [-0.3, -0.25) is 0 Å². The van der Waals surface area contributed by atoms with E-state index in [-0.39, 0.29) is 18.7 Å². The number of nitrogens with one attached hydrogen (secondary N) is 1. The molecule has 0 amide bonds. The summed E-state index contributed by atoms with van der Waals surface area (Å²) < 4.78 is 35.3. The molecule has 0 saturated carbocycles. The van der Waals surface area contributed by atoms with Crippen LogP contribution in [0.1, 0.15) is 23.3 Å². The molecule has 0 aromatic carbocycles. The van der Waals surface area contributed by atoms with Crippen LogP contribution in [0.3, 0.4) is 0 Å². The number of rotatable bonds is 5. The van der Waals surface area contributed by atoms with E-state index >= 15 is 0 Å². The molecule has 8 heteroatoms. The van der Waals surface area contributed by atoms with E-state index in [9.17, 15) is 18.0 Å². The zero-order valence-electron chi connectivity index (χ0n) is 8.04. The molecule has 0 atom stereocenters. The van der Waals surface area contributed by atoms with Crippen LogP contribution in [0.4, 0.5) is 18.3 Å². The third-order valence-electron chi connectivity index (χ3n) is 1.64. The first-order valence-corrected chi connectivity index (χ1v) is 5.26. The van der Waals surface area contributed by atoms with Gasteiger partial charge in [0.15, 0.2) is 10.8 Å². The van der Waals surface area contributed by atoms with E-state index in [1.54, 1.807) is 0 Å². The molecule has 0 saturated heterocycles. The van der Waals surface area contributed by atoms with Crippen LogP contribution in [0.15, 0.2) is 5.38 Å². The van der Waals surface area contributed by atoms with Gasteiger partial charge in [-0.05, 0) is 6.42 Å². The Hall–Kier alpha value is -1.31. The van der Waals surface area contributed by atoms with Crippen LogP contribution in [0.5, 0.6) is 0 Å². The van der Waals surface area contributed by atoms with Crippen LogP contribution in [-0.4, -0.2) is 28.8 Å². The number of anilines is 1. The monoisotopic (exact) mass is 254 g/mol. The van der Waals surface area contributed by atoms with Gasteiger partial charge >= 0.3 is 12.1 Å². The zero-order chi connectivity index (χ0) is 12.2. The lowest BCUT2D eigenvalue weighted by molar-refractivity contribution is -0.134. The predicted molar refractivity (Wildman–Crippen MR) is 52.9 cm³/mol. The Morgan fingerprint density at radius 2 is 2.25 bits per heavy atom. The van der Waals surface area contributed by atoms with Crippen molar-refractivity contribution in [3.63, 3.8) is 0 Å². The molecule has 1 rings (SSSR count). The lowest BCUT2D eigenvalue weighted by atomic mass is 10.3. The highest BCUT2D eigenvalue weighted by Gasteiger charge is 2.25. The number of nitrogens with zero attached hydrogens (tertiary/aromatic N) is 1. The minimum absolute atomic E-state index is 0.0640. The Kier molecular flexibility index (Phi) is 4.11. The minimum Gasteiger partial charge on any atom is -0.476 e. The molecule has 1 heterocycles. The van der Waals surface area contributed by atoms with Crippen LogP contribution < -0.4 is 5.32 Å². The first-order chi connectivity index (χ1) is 7.38. The maximum Gasteiger partial charge on any atom is 0.389 e. The van der Waals surface area contributed by atoms with Crippen molar-refractivity contribution in [2.45, 2.75) is 19.0 Å². The second-order valence-electron chi connectivity index (χ2n) is 2.99. The van der Waals surface area contributed by atoms with Crippen LogP contribution >= 0.6 is 11.3 Å². The average molecular weight is 254 g/mol. The van der Waals surface area contributed by atoms with E-state index in [0.29, 0.717) is 5.13 Å². The lowest BCUT2D eigenvalue weighted by Crippen LogP contribution is -2.11. The summed E-state index contributed by atoms with van der Waals surface area (Å²) in [6, 6.07) is 0. The molecule has 0 unspecified atom stereocenters. The summed E-state index contributed by atoms with van der Waals surface area (Å²) in [7, 11) is 0. The molecule has 4 nitrogen and oxygen atoms in total. The number of alkyl halides is 3. The molecule has 1 aromatic heterocycles. The molecule has 0 aliphatic rings. The van der Waals surface area contributed by atoms with Crippen molar-refractivity contribution in [3.05, 3.63) is 11.1 Å². The van der Waals surface area contributed by atoms with Gasteiger partial charge in [-0.25, -0.2) is 9.78 Å². The van der Waals surface area contributed by atoms with E-state index in [2.05, 4.69) is 10.3 Å². The van der Waals surface area contributed by atoms with Crippen LogP contribution in [-0.2, 0) is 0 Å². The first kappa shape index (κ1) is 12.8. The van der Waals surface area contributed by atoms with Gasteiger partial charge in [0.2, 0.25) is 0 Å². The molecule has 16 heavy (non-hydrogen) atoms. The molecule has 0 radical (unpaired) electrons. The van der Waals surface area contributed by atoms with Crippen LogP contribution in [0, 0.1) is 0 Å². The quantitative estimate of drug-likeness (QED) is 0.793. The second-order valence-corrected chi connectivity index (χ2v) is 3.85. The Labute approximate surface area is 93.1 Å². The summed E-state index contributed by atoms with van der Waals surface area (Å²) >= 11 is 1.05. The number of thiazole rings is 1. The molecule has 90 valence electrons. The van der Waals surface area contributed by atoms with Gasteiger partial charge in [0, 0.05) is 18.3 Å². The number of hydrogen-bond donors (Lipinski definition) is 2. The number of aromatic carboxylic acids is 1. The average Bonchev–Trinajstić information content (AvgIpc) is 2.59. The maximum absolute atomic E-state index is 11.8. The smallest absolute Gasteiger partial charge is 0.389 e. The summed E-state index contributed by atoms with van der Waals surface area (Å²) in [5, 5.41) is 12.8. The summed E-state index contributed by atoms with van der Waals surface area (Å²) in [4.78, 5) is 14.1. The Morgan fingerprint density at radius 1 is 1.56 bits per heavy atom. The zero-order valence-corrected chi connectivity index (χ0v) is 8.86. The minimum atomic E-state index is -4.16. The van der Waals surface area contributed by atoms with Crippen LogP contribution in [0.25, 0.3) is 0 Å². The van der Waals surface area contributed by atoms with Crippen molar-refractivity contribution in [2.75, 3.05) is 11.9 Å². The fourth-order valence-electron chi connectivity index (χ4n) is 0.937. The third-order valence-corrected chi connectivity index (χ3v) is 2.44. The fourth-order valence-corrected chi connectivity index (χ4v) is 1.65. The highest BCUT2D eigenvalue weighted by Crippen LogP contribution is 2.21. The summed E-state index contributed by atoms with van der Waals surface area (Å²) in [5.41, 5.74) is -0.108. The summed E-state index contributed by atoms with van der Waals surface area (Å²) in [6.45, 7) is 0.117. The Balaban J connectivity index is 2.30. The van der Waals surface area contributed by atoms with Gasteiger partial charge < -0.3 is 10.4 Å². The largest absolute Gasteiger partial charge is 0.476 e. The molecule has 0 bridgehead atoms. The predicted octanol–water partition coefficient (Wildman–Crippen LogP) is 2.60. The van der Waals surface area contributed by atoms with E-state index in [1.807, 2.05) is 0 Å². The van der Waals surface area contributed by atoms with E-state index in [4.69, 9.17) is 5.11 Å². The Morgan fingerprint density at radius 3 is 2.75 bits per heavy atom. The molecule has 0 fully saturated rings. The molecule has 0 aliphatic carbocycles. The first-order valence-electron chi connectivity index (χ1n) is 4.38. The van der Waals surface area contributed by atoms with E-state index < -0.39 is 18.6 Å². The standard InChI is InChI=1S/C8H9F3N2O2S/c9-8(10,11)2-1-3-12-7-13-5(4-16-7)6(14)15/h4H,1-3H2,(H,12,13)(H,14,15). The second kappa shape index (κ2) is 5.15. The number of carboxylic acids is 1. The van der Waals surface area contributed by atoms with Gasteiger partial charge in [-0.2, -0.15) is 13.2 Å². The van der Waals surface area contributed by atoms with Crippen molar-refractivity contribution >= 4 is 22.4 Å². The normalized spacial score (nSPS) is 11.4. The maximum atomic E-state index is 11.8. The number of halogens is 3. The number of carboxylic acid groups (broad SMARTS) is 1. The topological polar surface area (TPSA) is 62.2 Å². The highest BCUT2D eigenvalue weighted by atomic mass is 32.1. The number of carbonyl (C=O) groups is 1. The lowest BCUT2D eigenvalue weighted by Gasteiger charge is -2.05. The van der Waals surface area contributed by atoms with Crippen molar-refractivity contribution in [3.8, 4) is 0 Å². The van der Waals surface area contributed by atoms with E-state index in [1.165, 1.54) is 5.38 Å². The highest BCUT2D eigenvalue weighted by molar-refractivity contribution is 7.13. The molecular weight excluding hydrogens is 245 g/mol. The van der Waals surface area contributed by atoms with Crippen molar-refractivity contribution in [2.24, 2.45) is 0 Å². The van der Waals surface area contributed by atoms with Gasteiger partial charge in [-0.15, -0.1) is 11.3 Å². The van der Waals surface area contributed by atoms with Gasteiger partial charge in [0.1, 0.15) is 0 Å². The van der Waals surface area contributed by atoms with Crippen LogP contribution in [0.2, 0.25) is 0 Å². The molecule has 1 aromatic rings. The SMILES string of the molecule is O=C(O)c1csc(NCCCC(F)(F)F)n1. The third kappa shape index (κ3) is 4.47. The number of aromatic nitrogens is 1. The molecular formula is C8H9F3N2O2S. The summed E-state index contributed by atoms with van der Waals surface area (Å²) in [6.07, 6.45) is -5.08. The molecule has 0 aliphatic heterocycles. The molecule has 2 N–H and O–H groups in total. The molecule has 0 spiro atoms. The number of hydrogen-bond acceptors (Lipinski definition) is 4. The van der Waals surface area contributed by atoms with Gasteiger partial charge in [0.25, 0.3) is 0 Å². The fraction of sp³-hybridized carbons (Fsp3) is 0.500.